The van der Waals surface area contributed by atoms with E-state index in [1.54, 1.807) is 36.9 Å². The number of carbonyl (C=O) groups is 1. The van der Waals surface area contributed by atoms with Crippen LogP contribution in [0.25, 0.3) is 11.1 Å². The highest BCUT2D eigenvalue weighted by Crippen LogP contribution is 2.25. The van der Waals surface area contributed by atoms with Crippen molar-refractivity contribution in [3.63, 3.8) is 0 Å². The molecule has 0 saturated carbocycles. The highest BCUT2D eigenvalue weighted by atomic mass is 32.1. The molecule has 1 amide bonds. The van der Waals surface area contributed by atoms with Gasteiger partial charge in [-0.3, -0.25) is 9.69 Å². The number of amides is 1. The lowest BCUT2D eigenvalue weighted by atomic mass is 10.0. The van der Waals surface area contributed by atoms with E-state index in [0.717, 1.165) is 22.4 Å². The average molecular weight is 357 g/mol. The smallest absolute Gasteiger partial charge is 0.232 e. The number of thiophene rings is 1. The van der Waals surface area contributed by atoms with Crippen molar-refractivity contribution in [2.75, 3.05) is 7.05 Å². The third-order valence-electron chi connectivity index (χ3n) is 3.91. The Bertz CT molecular complexity index is 741. The van der Waals surface area contributed by atoms with Crippen LogP contribution in [-0.4, -0.2) is 33.8 Å². The third kappa shape index (κ3) is 4.96. The first-order chi connectivity index (χ1) is 12.1. The maximum Gasteiger partial charge on any atom is 0.232 e. The first-order valence-electron chi connectivity index (χ1n) is 8.08. The van der Waals surface area contributed by atoms with Crippen LogP contribution < -0.4 is 5.73 Å². The maximum atomic E-state index is 12.4. The highest BCUT2D eigenvalue weighted by molar-refractivity contribution is 7.10. The number of aromatic nitrogens is 2. The number of guanidine groups is 1. The fourth-order valence-electron chi connectivity index (χ4n) is 2.36. The number of aliphatic imine (C=N–C) groups is 1. The second-order valence-electron chi connectivity index (χ2n) is 5.63. The molecule has 2 aromatic heterocycles. The van der Waals surface area contributed by atoms with Crippen molar-refractivity contribution in [1.29, 1.82) is 0 Å². The van der Waals surface area contributed by atoms with Gasteiger partial charge in [0, 0.05) is 35.8 Å². The minimum Gasteiger partial charge on any atom is -0.369 e. The molecule has 0 fully saturated rings. The molecule has 2 N–H and O–H groups in total. The summed E-state index contributed by atoms with van der Waals surface area (Å²) < 4.78 is 0. The Morgan fingerprint density at radius 1 is 1.44 bits per heavy atom. The third-order valence-corrected chi connectivity index (χ3v) is 4.83. The zero-order valence-corrected chi connectivity index (χ0v) is 15.4. The van der Waals surface area contributed by atoms with Gasteiger partial charge in [-0.1, -0.05) is 13.0 Å². The van der Waals surface area contributed by atoms with Crippen molar-refractivity contribution in [2.45, 2.75) is 26.3 Å². The second-order valence-corrected chi connectivity index (χ2v) is 6.63. The van der Waals surface area contributed by atoms with Crippen molar-refractivity contribution in [3.05, 3.63) is 47.7 Å². The molecule has 2 heterocycles. The zero-order valence-electron chi connectivity index (χ0n) is 14.6. The van der Waals surface area contributed by atoms with E-state index in [9.17, 15) is 4.79 Å². The van der Waals surface area contributed by atoms with Gasteiger partial charge in [0.1, 0.15) is 6.33 Å². The largest absolute Gasteiger partial charge is 0.369 e. The summed E-state index contributed by atoms with van der Waals surface area (Å²) in [5.74, 6) is 0.0881. The lowest BCUT2D eigenvalue weighted by molar-refractivity contribution is -0.130. The van der Waals surface area contributed by atoms with Crippen molar-refractivity contribution < 1.29 is 4.79 Å². The van der Waals surface area contributed by atoms with Crippen molar-refractivity contribution >= 4 is 23.2 Å². The molecular formula is C18H23N5OS. The fraction of sp³-hybridized carbons (Fsp3) is 0.333. The van der Waals surface area contributed by atoms with E-state index in [1.807, 2.05) is 18.4 Å². The highest BCUT2D eigenvalue weighted by Gasteiger charge is 2.21. The SMILES string of the molecule is C=CC[C@H](CC)C(=O)N(C)C(N)=NCc1cc(-c2cncnc2)cs1. The van der Waals surface area contributed by atoms with Crippen molar-refractivity contribution in [2.24, 2.45) is 16.6 Å². The summed E-state index contributed by atoms with van der Waals surface area (Å²) in [4.78, 5) is 27.3. The molecule has 2 rings (SSSR count). The number of rotatable bonds is 7. The van der Waals surface area contributed by atoms with E-state index >= 15 is 0 Å². The van der Waals surface area contributed by atoms with Crippen molar-refractivity contribution in [3.8, 4) is 11.1 Å². The molecule has 0 unspecified atom stereocenters. The van der Waals surface area contributed by atoms with E-state index in [-0.39, 0.29) is 17.8 Å². The number of nitrogens with two attached hydrogens (primary N) is 1. The number of hydrogen-bond acceptors (Lipinski definition) is 5. The summed E-state index contributed by atoms with van der Waals surface area (Å²) >= 11 is 1.59. The standard InChI is InChI=1S/C18H23N5OS/c1-4-6-13(5-2)17(24)23(3)18(19)22-10-16-7-14(11-25-16)15-8-20-12-21-9-15/h4,7-9,11-13H,1,5-6,10H2,2-3H3,(H2,19,22)/t13-/m0/s1. The normalized spacial score (nSPS) is 12.6. The lowest BCUT2D eigenvalue weighted by Crippen LogP contribution is -2.42. The van der Waals surface area contributed by atoms with E-state index in [0.29, 0.717) is 13.0 Å². The molecule has 0 aromatic carbocycles. The van der Waals surface area contributed by atoms with Gasteiger partial charge < -0.3 is 5.73 Å². The van der Waals surface area contributed by atoms with Gasteiger partial charge >= 0.3 is 0 Å². The molecule has 2 aromatic rings. The second kappa shape index (κ2) is 9.08. The number of carbonyl (C=O) groups excluding carboxylic acids is 1. The molecule has 25 heavy (non-hydrogen) atoms. The summed E-state index contributed by atoms with van der Waals surface area (Å²) in [5.41, 5.74) is 8.00. The van der Waals surface area contributed by atoms with Gasteiger partial charge in [-0.05, 0) is 29.9 Å². The minimum absolute atomic E-state index is 0.0306. The Balaban J connectivity index is 2.02. The number of allylic oxidation sites excluding steroid dienone is 1. The van der Waals surface area contributed by atoms with Gasteiger partial charge in [0.05, 0.1) is 6.54 Å². The minimum atomic E-state index is -0.109. The molecule has 0 bridgehead atoms. The fourth-order valence-corrected chi connectivity index (χ4v) is 3.17. The van der Waals surface area contributed by atoms with Crippen LogP contribution in [0.15, 0.2) is 47.8 Å². The van der Waals surface area contributed by atoms with E-state index in [2.05, 4.69) is 21.5 Å². The van der Waals surface area contributed by atoms with Gasteiger partial charge in [-0.15, -0.1) is 17.9 Å². The Morgan fingerprint density at radius 2 is 2.16 bits per heavy atom. The average Bonchev–Trinajstić information content (AvgIpc) is 3.12. The Hall–Kier alpha value is -2.54. The molecule has 132 valence electrons. The predicted octanol–water partition coefficient (Wildman–Crippen LogP) is 3.08. The van der Waals surface area contributed by atoms with Gasteiger partial charge in [0.15, 0.2) is 5.96 Å². The first kappa shape index (κ1) is 18.8. The Morgan fingerprint density at radius 3 is 2.80 bits per heavy atom. The topological polar surface area (TPSA) is 84.5 Å². The van der Waals surface area contributed by atoms with Gasteiger partial charge in [-0.25, -0.2) is 15.0 Å². The van der Waals surface area contributed by atoms with Crippen LogP contribution in [0.1, 0.15) is 24.6 Å². The van der Waals surface area contributed by atoms with Gasteiger partial charge in [0.25, 0.3) is 0 Å². The van der Waals surface area contributed by atoms with Crippen LogP contribution in [0.3, 0.4) is 0 Å². The van der Waals surface area contributed by atoms with E-state index in [1.165, 1.54) is 11.2 Å². The van der Waals surface area contributed by atoms with Gasteiger partial charge in [0.2, 0.25) is 5.91 Å². The van der Waals surface area contributed by atoms with E-state index in [4.69, 9.17) is 5.73 Å². The molecule has 0 saturated heterocycles. The van der Waals surface area contributed by atoms with Crippen LogP contribution in [0.2, 0.25) is 0 Å². The monoisotopic (exact) mass is 357 g/mol. The van der Waals surface area contributed by atoms with Crippen LogP contribution in [0.4, 0.5) is 0 Å². The van der Waals surface area contributed by atoms with Crippen LogP contribution >= 0.6 is 11.3 Å². The lowest BCUT2D eigenvalue weighted by Gasteiger charge is -2.21. The molecule has 0 aliphatic carbocycles. The quantitative estimate of drug-likeness (QED) is 0.469. The number of hydrogen-bond donors (Lipinski definition) is 1. The molecule has 6 nitrogen and oxygen atoms in total. The molecule has 0 aliphatic heterocycles. The zero-order chi connectivity index (χ0) is 18.2. The van der Waals surface area contributed by atoms with Crippen molar-refractivity contribution in [1.82, 2.24) is 14.9 Å². The molecular weight excluding hydrogens is 334 g/mol. The maximum absolute atomic E-state index is 12.4. The Kier molecular flexibility index (Phi) is 6.82. The Labute approximate surface area is 152 Å². The molecule has 0 spiro atoms. The van der Waals surface area contributed by atoms with Crippen LogP contribution in [0, 0.1) is 5.92 Å². The molecule has 0 radical (unpaired) electrons. The first-order valence-corrected chi connectivity index (χ1v) is 8.96. The summed E-state index contributed by atoms with van der Waals surface area (Å²) in [6, 6.07) is 2.04. The van der Waals surface area contributed by atoms with Crippen LogP contribution in [-0.2, 0) is 11.3 Å². The van der Waals surface area contributed by atoms with Gasteiger partial charge in [-0.2, -0.15) is 0 Å². The summed E-state index contributed by atoms with van der Waals surface area (Å²) in [6.45, 7) is 6.11. The van der Waals surface area contributed by atoms with E-state index < -0.39 is 0 Å². The predicted molar refractivity (Wildman–Crippen MR) is 102 cm³/mol. The summed E-state index contributed by atoms with van der Waals surface area (Å²) in [7, 11) is 1.66. The molecule has 7 heteroatoms. The van der Waals surface area contributed by atoms with Crippen LogP contribution in [0.5, 0.6) is 0 Å². The summed E-state index contributed by atoms with van der Waals surface area (Å²) in [6.07, 6.45) is 8.19. The molecule has 1 atom stereocenters. The molecule has 0 aliphatic rings. The summed E-state index contributed by atoms with van der Waals surface area (Å²) in [5, 5.41) is 2.03. The number of nitrogens with zero attached hydrogens (tertiary/aromatic N) is 4.